The average Bonchev–Trinajstić information content (AvgIpc) is 2.14. The summed E-state index contributed by atoms with van der Waals surface area (Å²) in [5.74, 6) is 0.173. The van der Waals surface area contributed by atoms with Crippen LogP contribution in [0.5, 0.6) is 0 Å². The second-order valence-corrected chi connectivity index (χ2v) is 1.62. The molecule has 0 aliphatic carbocycles. The van der Waals surface area contributed by atoms with Gasteiger partial charge in [-0.2, -0.15) is 5.26 Å². The molecule has 0 spiro atoms. The van der Waals surface area contributed by atoms with Crippen molar-refractivity contribution in [3.8, 4) is 6.07 Å². The third kappa shape index (κ3) is 0.682. The Labute approximate surface area is 51.3 Å². The van der Waals surface area contributed by atoms with E-state index in [2.05, 4.69) is 4.42 Å². The van der Waals surface area contributed by atoms with Gasteiger partial charge >= 0.3 is 0 Å². The zero-order chi connectivity index (χ0) is 5.98. The third-order valence-corrected chi connectivity index (χ3v) is 1.02. The normalized spacial score (nSPS) is 8.50. The summed E-state index contributed by atoms with van der Waals surface area (Å²) >= 11 is 5.42. The standard InChI is InChI=1S/C5H2ClNO/c6-4-1-2-8-5(4)3-7/h1-2H. The lowest BCUT2D eigenvalue weighted by Gasteiger charge is -1.73. The second-order valence-electron chi connectivity index (χ2n) is 1.21. The van der Waals surface area contributed by atoms with Crippen LogP contribution in [0.1, 0.15) is 5.76 Å². The molecule has 0 unspecified atom stereocenters. The Kier molecular flexibility index (Phi) is 1.23. The van der Waals surface area contributed by atoms with E-state index in [0.717, 1.165) is 0 Å². The molecule has 0 amide bonds. The highest BCUT2D eigenvalue weighted by atomic mass is 35.5. The van der Waals surface area contributed by atoms with Gasteiger partial charge in [0.2, 0.25) is 5.76 Å². The lowest BCUT2D eigenvalue weighted by molar-refractivity contribution is 0.553. The van der Waals surface area contributed by atoms with Crippen molar-refractivity contribution in [3.05, 3.63) is 23.1 Å². The van der Waals surface area contributed by atoms with Crippen LogP contribution in [0.25, 0.3) is 0 Å². The molecule has 0 aromatic carbocycles. The van der Waals surface area contributed by atoms with Crippen molar-refractivity contribution in [2.24, 2.45) is 0 Å². The van der Waals surface area contributed by atoms with Crippen LogP contribution in [-0.4, -0.2) is 0 Å². The molecule has 1 rings (SSSR count). The van der Waals surface area contributed by atoms with Crippen molar-refractivity contribution >= 4 is 11.6 Å². The first kappa shape index (κ1) is 5.20. The van der Waals surface area contributed by atoms with Gasteiger partial charge in [0.25, 0.3) is 0 Å². The minimum Gasteiger partial charge on any atom is -0.452 e. The minimum absolute atomic E-state index is 0.173. The molecule has 0 bridgehead atoms. The van der Waals surface area contributed by atoms with Crippen molar-refractivity contribution < 1.29 is 4.42 Å². The zero-order valence-electron chi connectivity index (χ0n) is 3.89. The van der Waals surface area contributed by atoms with Gasteiger partial charge < -0.3 is 4.42 Å². The maximum Gasteiger partial charge on any atom is 0.221 e. The van der Waals surface area contributed by atoms with Crippen molar-refractivity contribution in [1.29, 1.82) is 5.26 Å². The number of halogens is 1. The number of hydrogen-bond acceptors (Lipinski definition) is 2. The van der Waals surface area contributed by atoms with Crippen molar-refractivity contribution in [3.63, 3.8) is 0 Å². The van der Waals surface area contributed by atoms with Gasteiger partial charge in [0.15, 0.2) is 0 Å². The van der Waals surface area contributed by atoms with Crippen LogP contribution in [-0.2, 0) is 0 Å². The quantitative estimate of drug-likeness (QED) is 0.533. The number of hydrogen-bond donors (Lipinski definition) is 0. The first-order valence-electron chi connectivity index (χ1n) is 1.97. The fourth-order valence-corrected chi connectivity index (χ4v) is 0.512. The summed E-state index contributed by atoms with van der Waals surface area (Å²) in [7, 11) is 0. The summed E-state index contributed by atoms with van der Waals surface area (Å²) in [5, 5.41) is 8.55. The molecule has 0 aliphatic rings. The molecule has 0 saturated carbocycles. The number of furan rings is 1. The number of nitrogens with zero attached hydrogens (tertiary/aromatic N) is 1. The Morgan fingerprint density at radius 2 is 2.50 bits per heavy atom. The van der Waals surface area contributed by atoms with Crippen LogP contribution in [0, 0.1) is 11.3 Å². The van der Waals surface area contributed by atoms with Gasteiger partial charge in [-0.1, -0.05) is 11.6 Å². The lowest BCUT2D eigenvalue weighted by atomic mass is 10.5. The zero-order valence-corrected chi connectivity index (χ0v) is 4.64. The molecule has 1 aromatic heterocycles. The first-order valence-corrected chi connectivity index (χ1v) is 2.35. The Balaban J connectivity index is 3.15. The molecule has 40 valence electrons. The van der Waals surface area contributed by atoms with Gasteiger partial charge in [0.05, 0.1) is 11.3 Å². The van der Waals surface area contributed by atoms with E-state index in [9.17, 15) is 0 Å². The van der Waals surface area contributed by atoms with E-state index in [-0.39, 0.29) is 5.76 Å². The van der Waals surface area contributed by atoms with Crippen molar-refractivity contribution in [2.75, 3.05) is 0 Å². The van der Waals surface area contributed by atoms with Gasteiger partial charge in [-0.25, -0.2) is 0 Å². The molecule has 0 saturated heterocycles. The topological polar surface area (TPSA) is 36.9 Å². The Hall–Kier alpha value is -0.940. The molecular weight excluding hydrogens is 126 g/mol. The molecule has 8 heavy (non-hydrogen) atoms. The molecule has 1 heterocycles. The highest BCUT2D eigenvalue weighted by Gasteiger charge is 1.98. The monoisotopic (exact) mass is 127 g/mol. The predicted molar refractivity (Wildman–Crippen MR) is 28.4 cm³/mol. The van der Waals surface area contributed by atoms with Crippen LogP contribution >= 0.6 is 11.6 Å². The van der Waals surface area contributed by atoms with Crippen LogP contribution < -0.4 is 0 Å². The summed E-state index contributed by atoms with van der Waals surface area (Å²) in [4.78, 5) is 0. The highest BCUT2D eigenvalue weighted by molar-refractivity contribution is 6.31. The summed E-state index contributed by atoms with van der Waals surface area (Å²) in [6.45, 7) is 0. The van der Waals surface area contributed by atoms with Crippen molar-refractivity contribution in [1.82, 2.24) is 0 Å². The van der Waals surface area contributed by atoms with Crippen LogP contribution in [0.4, 0.5) is 0 Å². The molecular formula is C5H2ClNO. The first-order chi connectivity index (χ1) is 3.84. The predicted octanol–water partition coefficient (Wildman–Crippen LogP) is 1.80. The maximum atomic E-state index is 8.18. The van der Waals surface area contributed by atoms with Crippen LogP contribution in [0.3, 0.4) is 0 Å². The fourth-order valence-electron chi connectivity index (χ4n) is 0.374. The van der Waals surface area contributed by atoms with Gasteiger partial charge in [0.1, 0.15) is 6.07 Å². The highest BCUT2D eigenvalue weighted by Crippen LogP contribution is 2.14. The minimum atomic E-state index is 0.173. The molecule has 0 radical (unpaired) electrons. The van der Waals surface area contributed by atoms with Gasteiger partial charge in [-0.05, 0) is 6.07 Å². The van der Waals surface area contributed by atoms with E-state index in [1.165, 1.54) is 12.3 Å². The Bertz CT molecular complexity index is 223. The van der Waals surface area contributed by atoms with Crippen LogP contribution in [0.2, 0.25) is 5.02 Å². The molecule has 0 aliphatic heterocycles. The fraction of sp³-hybridized carbons (Fsp3) is 0. The average molecular weight is 128 g/mol. The largest absolute Gasteiger partial charge is 0.452 e. The summed E-state index contributed by atoms with van der Waals surface area (Å²) in [6.07, 6.45) is 1.38. The van der Waals surface area contributed by atoms with E-state index in [4.69, 9.17) is 16.9 Å². The van der Waals surface area contributed by atoms with Gasteiger partial charge in [-0.3, -0.25) is 0 Å². The molecule has 3 heteroatoms. The maximum absolute atomic E-state index is 8.18. The Morgan fingerprint density at radius 3 is 2.75 bits per heavy atom. The molecule has 0 atom stereocenters. The summed E-state index contributed by atoms with van der Waals surface area (Å²) in [6, 6.07) is 3.30. The van der Waals surface area contributed by atoms with E-state index in [1.54, 1.807) is 6.07 Å². The molecule has 2 nitrogen and oxygen atoms in total. The number of rotatable bonds is 0. The van der Waals surface area contributed by atoms with E-state index in [1.807, 2.05) is 0 Å². The van der Waals surface area contributed by atoms with Gasteiger partial charge in [-0.15, -0.1) is 0 Å². The SMILES string of the molecule is N#Cc1occc1Cl. The lowest BCUT2D eigenvalue weighted by Crippen LogP contribution is -1.60. The van der Waals surface area contributed by atoms with E-state index < -0.39 is 0 Å². The molecule has 0 N–H and O–H groups in total. The molecule has 1 aromatic rings. The summed E-state index contributed by atoms with van der Waals surface area (Å²) in [5.41, 5.74) is 0. The second kappa shape index (κ2) is 1.89. The van der Waals surface area contributed by atoms with Gasteiger partial charge in [0, 0.05) is 0 Å². The van der Waals surface area contributed by atoms with Crippen LogP contribution in [0.15, 0.2) is 16.7 Å². The Morgan fingerprint density at radius 1 is 1.75 bits per heavy atom. The third-order valence-electron chi connectivity index (χ3n) is 0.719. The van der Waals surface area contributed by atoms with E-state index in [0.29, 0.717) is 5.02 Å². The summed E-state index contributed by atoms with van der Waals surface area (Å²) < 4.78 is 4.62. The van der Waals surface area contributed by atoms with Crippen molar-refractivity contribution in [2.45, 2.75) is 0 Å². The smallest absolute Gasteiger partial charge is 0.221 e. The molecule has 0 fully saturated rings. The number of nitriles is 1. The van der Waals surface area contributed by atoms with E-state index >= 15 is 0 Å².